The molecule has 0 aromatic heterocycles. The lowest BCUT2D eigenvalue weighted by atomic mass is 10.0. The van der Waals surface area contributed by atoms with Crippen LogP contribution in [0.4, 0.5) is 4.79 Å². The predicted molar refractivity (Wildman–Crippen MR) is 81.3 cm³/mol. The molecule has 0 aliphatic heterocycles. The summed E-state index contributed by atoms with van der Waals surface area (Å²) in [7, 11) is 1.58. The van der Waals surface area contributed by atoms with E-state index in [9.17, 15) is 9.90 Å². The number of rotatable bonds is 5. The number of hydrogen-bond donors (Lipinski definition) is 3. The summed E-state index contributed by atoms with van der Waals surface area (Å²) in [5, 5.41) is 15.7. The van der Waals surface area contributed by atoms with Gasteiger partial charge in [0.2, 0.25) is 0 Å². The number of nitrogens with one attached hydrogen (secondary N) is 2. The summed E-state index contributed by atoms with van der Waals surface area (Å²) in [6.45, 7) is 0.168. The minimum Gasteiger partial charge on any atom is -0.497 e. The number of benzene rings is 1. The van der Waals surface area contributed by atoms with E-state index >= 15 is 0 Å². The van der Waals surface area contributed by atoms with Crippen LogP contribution in [0.1, 0.15) is 30.9 Å². The number of carbonyl (C=O) groups excluding carboxylic acids is 1. The maximum Gasteiger partial charge on any atom is 0.315 e. The number of urea groups is 1. The molecule has 0 heterocycles. The van der Waals surface area contributed by atoms with Gasteiger partial charge in [-0.1, -0.05) is 24.3 Å². The molecule has 5 heteroatoms. The fourth-order valence-corrected chi connectivity index (χ4v) is 2.32. The Morgan fingerprint density at radius 1 is 1.48 bits per heavy atom. The molecule has 1 aromatic rings. The van der Waals surface area contributed by atoms with E-state index in [2.05, 4.69) is 22.8 Å². The Hall–Kier alpha value is -2.01. The Kier molecular flexibility index (Phi) is 5.63. The summed E-state index contributed by atoms with van der Waals surface area (Å²) >= 11 is 0. The van der Waals surface area contributed by atoms with Crippen molar-refractivity contribution >= 4 is 6.03 Å². The second-order valence-electron chi connectivity index (χ2n) is 5.13. The molecule has 1 aliphatic rings. The molecule has 3 N–H and O–H groups in total. The number of methoxy groups -OCH3 is 1. The van der Waals surface area contributed by atoms with Gasteiger partial charge < -0.3 is 20.5 Å². The molecular formula is C16H22N2O3. The van der Waals surface area contributed by atoms with Crippen molar-refractivity contribution in [2.45, 2.75) is 31.4 Å². The van der Waals surface area contributed by atoms with Gasteiger partial charge in [0, 0.05) is 12.6 Å². The second kappa shape index (κ2) is 7.69. The van der Waals surface area contributed by atoms with Crippen LogP contribution in [0.2, 0.25) is 0 Å². The maximum atomic E-state index is 11.8. The Balaban J connectivity index is 1.78. The van der Waals surface area contributed by atoms with Crippen molar-refractivity contribution in [1.29, 1.82) is 0 Å². The van der Waals surface area contributed by atoms with Gasteiger partial charge >= 0.3 is 6.03 Å². The van der Waals surface area contributed by atoms with Crippen LogP contribution in [-0.2, 0) is 0 Å². The van der Waals surface area contributed by atoms with E-state index in [1.807, 2.05) is 12.1 Å². The molecule has 2 rings (SSSR count). The van der Waals surface area contributed by atoms with E-state index in [-0.39, 0.29) is 18.6 Å². The molecule has 2 amide bonds. The van der Waals surface area contributed by atoms with Gasteiger partial charge in [0.15, 0.2) is 0 Å². The van der Waals surface area contributed by atoms with Gasteiger partial charge in [-0.2, -0.15) is 0 Å². The number of aliphatic hydroxyl groups is 1. The van der Waals surface area contributed by atoms with Crippen LogP contribution in [0, 0.1) is 0 Å². The number of hydrogen-bond acceptors (Lipinski definition) is 3. The summed E-state index contributed by atoms with van der Waals surface area (Å²) < 4.78 is 5.11. The lowest BCUT2D eigenvalue weighted by Crippen LogP contribution is -2.43. The largest absolute Gasteiger partial charge is 0.497 e. The van der Waals surface area contributed by atoms with Crippen LogP contribution < -0.4 is 15.4 Å². The van der Waals surface area contributed by atoms with Crippen LogP contribution in [0.5, 0.6) is 5.75 Å². The molecule has 0 saturated heterocycles. The zero-order chi connectivity index (χ0) is 15.1. The quantitative estimate of drug-likeness (QED) is 0.728. The van der Waals surface area contributed by atoms with Crippen molar-refractivity contribution in [2.75, 3.05) is 13.7 Å². The fraction of sp³-hybridized carbons (Fsp3) is 0.438. The van der Waals surface area contributed by atoms with Crippen LogP contribution in [0.15, 0.2) is 36.4 Å². The first-order valence-corrected chi connectivity index (χ1v) is 7.20. The number of aliphatic hydroxyl groups excluding tert-OH is 1. The highest BCUT2D eigenvalue weighted by Gasteiger charge is 2.14. The van der Waals surface area contributed by atoms with Crippen molar-refractivity contribution in [3.05, 3.63) is 42.0 Å². The summed E-state index contributed by atoms with van der Waals surface area (Å²) in [6, 6.07) is 7.13. The maximum absolute atomic E-state index is 11.8. The average Bonchev–Trinajstić information content (AvgIpc) is 2.53. The van der Waals surface area contributed by atoms with Crippen LogP contribution >= 0.6 is 0 Å². The number of ether oxygens (including phenoxy) is 1. The monoisotopic (exact) mass is 290 g/mol. The number of carbonyl (C=O) groups is 1. The normalized spacial score (nSPS) is 18.9. The summed E-state index contributed by atoms with van der Waals surface area (Å²) in [6.07, 6.45) is 6.28. The van der Waals surface area contributed by atoms with Crippen molar-refractivity contribution in [1.82, 2.24) is 10.6 Å². The van der Waals surface area contributed by atoms with Gasteiger partial charge in [0.1, 0.15) is 5.75 Å². The van der Waals surface area contributed by atoms with Gasteiger partial charge in [-0.05, 0) is 37.0 Å². The smallest absolute Gasteiger partial charge is 0.315 e. The van der Waals surface area contributed by atoms with Gasteiger partial charge in [0.05, 0.1) is 13.2 Å². The van der Waals surface area contributed by atoms with Crippen LogP contribution in [-0.4, -0.2) is 30.8 Å². The molecule has 2 atom stereocenters. The predicted octanol–water partition coefficient (Wildman–Crippen LogP) is 2.14. The average molecular weight is 290 g/mol. The molecule has 2 unspecified atom stereocenters. The van der Waals surface area contributed by atoms with Crippen molar-refractivity contribution in [2.24, 2.45) is 0 Å². The fourth-order valence-electron chi connectivity index (χ4n) is 2.32. The Bertz CT molecular complexity index is 502. The van der Waals surface area contributed by atoms with Gasteiger partial charge in [-0.15, -0.1) is 0 Å². The molecule has 0 spiro atoms. The number of allylic oxidation sites excluding steroid dienone is 1. The SMILES string of the molecule is COc1cccc(C(O)CNC(=O)NC2CC=CCC2)c1. The minimum atomic E-state index is -0.753. The highest BCUT2D eigenvalue weighted by Crippen LogP contribution is 2.18. The van der Waals surface area contributed by atoms with Crippen molar-refractivity contribution in [3.8, 4) is 5.75 Å². The van der Waals surface area contributed by atoms with E-state index in [1.165, 1.54) is 0 Å². The lowest BCUT2D eigenvalue weighted by Gasteiger charge is -2.20. The van der Waals surface area contributed by atoms with Crippen LogP contribution in [0.3, 0.4) is 0 Å². The third kappa shape index (κ3) is 4.79. The third-order valence-electron chi connectivity index (χ3n) is 3.54. The Labute approximate surface area is 125 Å². The molecule has 0 saturated carbocycles. The minimum absolute atomic E-state index is 0.168. The summed E-state index contributed by atoms with van der Waals surface area (Å²) in [5.74, 6) is 0.685. The zero-order valence-electron chi connectivity index (χ0n) is 12.2. The molecule has 0 fully saturated rings. The first kappa shape index (κ1) is 15.4. The summed E-state index contributed by atoms with van der Waals surface area (Å²) in [5.41, 5.74) is 0.718. The first-order chi connectivity index (χ1) is 10.2. The Morgan fingerprint density at radius 2 is 2.33 bits per heavy atom. The highest BCUT2D eigenvalue weighted by atomic mass is 16.5. The van der Waals surface area contributed by atoms with Crippen molar-refractivity contribution in [3.63, 3.8) is 0 Å². The van der Waals surface area contributed by atoms with E-state index in [4.69, 9.17) is 4.74 Å². The van der Waals surface area contributed by atoms with Gasteiger partial charge in [-0.25, -0.2) is 4.79 Å². The molecule has 0 bridgehead atoms. The van der Waals surface area contributed by atoms with E-state index in [0.29, 0.717) is 5.75 Å². The standard InChI is InChI=1S/C16H22N2O3/c1-21-14-9-5-6-12(10-14)15(19)11-17-16(20)18-13-7-3-2-4-8-13/h2-3,5-6,9-10,13,15,19H,4,7-8,11H2,1H3,(H2,17,18,20). The van der Waals surface area contributed by atoms with Gasteiger partial charge in [0.25, 0.3) is 0 Å². The topological polar surface area (TPSA) is 70.6 Å². The van der Waals surface area contributed by atoms with Crippen molar-refractivity contribution < 1.29 is 14.6 Å². The molecule has 114 valence electrons. The lowest BCUT2D eigenvalue weighted by molar-refractivity contribution is 0.172. The first-order valence-electron chi connectivity index (χ1n) is 7.20. The van der Waals surface area contributed by atoms with E-state index in [0.717, 1.165) is 24.8 Å². The van der Waals surface area contributed by atoms with E-state index < -0.39 is 6.10 Å². The second-order valence-corrected chi connectivity index (χ2v) is 5.13. The molecule has 1 aliphatic carbocycles. The Morgan fingerprint density at radius 3 is 3.05 bits per heavy atom. The molecule has 1 aromatic carbocycles. The molecular weight excluding hydrogens is 268 g/mol. The molecule has 5 nitrogen and oxygen atoms in total. The zero-order valence-corrected chi connectivity index (χ0v) is 12.2. The molecule has 21 heavy (non-hydrogen) atoms. The van der Waals surface area contributed by atoms with E-state index in [1.54, 1.807) is 19.2 Å². The summed E-state index contributed by atoms with van der Waals surface area (Å²) in [4.78, 5) is 11.8. The van der Waals surface area contributed by atoms with Crippen LogP contribution in [0.25, 0.3) is 0 Å². The highest BCUT2D eigenvalue weighted by molar-refractivity contribution is 5.74. The molecule has 0 radical (unpaired) electrons. The third-order valence-corrected chi connectivity index (χ3v) is 3.54. The van der Waals surface area contributed by atoms with Gasteiger partial charge in [-0.3, -0.25) is 0 Å². The number of amides is 2.